The lowest BCUT2D eigenvalue weighted by molar-refractivity contribution is 0.568. The molecule has 0 aliphatic heterocycles. The number of hydrogen-bond acceptors (Lipinski definition) is 3. The molecule has 0 fully saturated rings. The van der Waals surface area contributed by atoms with Crippen LogP contribution in [0.3, 0.4) is 0 Å². The van der Waals surface area contributed by atoms with E-state index in [2.05, 4.69) is 62.0 Å². The Bertz CT molecular complexity index is 365. The van der Waals surface area contributed by atoms with Gasteiger partial charge in [0, 0.05) is 24.8 Å². The predicted octanol–water partition coefficient (Wildman–Crippen LogP) is 3.77. The van der Waals surface area contributed by atoms with Crippen LogP contribution in [-0.2, 0) is 0 Å². The van der Waals surface area contributed by atoms with E-state index in [1.165, 1.54) is 5.56 Å². The molecule has 108 valence electrons. The molecule has 1 heterocycles. The van der Waals surface area contributed by atoms with Gasteiger partial charge in [-0.15, -0.1) is 0 Å². The van der Waals surface area contributed by atoms with Crippen LogP contribution in [0.15, 0.2) is 18.3 Å². The molecule has 0 aliphatic carbocycles. The summed E-state index contributed by atoms with van der Waals surface area (Å²) in [5, 5.41) is 3.53. The average Bonchev–Trinajstić information content (AvgIpc) is 2.45. The highest BCUT2D eigenvalue weighted by molar-refractivity contribution is 5.42. The van der Waals surface area contributed by atoms with E-state index in [1.54, 1.807) is 0 Å². The number of nitrogens with one attached hydrogen (secondary N) is 1. The van der Waals surface area contributed by atoms with Crippen molar-refractivity contribution in [1.29, 1.82) is 0 Å². The SMILES string of the molecule is CCCNC(C)c1ccnc(N(CC)C(C)CC)c1. The van der Waals surface area contributed by atoms with Gasteiger partial charge in [-0.05, 0) is 57.9 Å². The minimum atomic E-state index is 0.386. The van der Waals surface area contributed by atoms with Gasteiger partial charge in [0.05, 0.1) is 0 Å². The monoisotopic (exact) mass is 263 g/mol. The Morgan fingerprint density at radius 1 is 1.26 bits per heavy atom. The summed E-state index contributed by atoms with van der Waals surface area (Å²) in [6, 6.07) is 5.26. The van der Waals surface area contributed by atoms with Crippen LogP contribution in [0, 0.1) is 0 Å². The van der Waals surface area contributed by atoms with Crippen molar-refractivity contribution in [1.82, 2.24) is 10.3 Å². The van der Waals surface area contributed by atoms with Crippen molar-refractivity contribution in [2.75, 3.05) is 18.0 Å². The van der Waals surface area contributed by atoms with Gasteiger partial charge < -0.3 is 10.2 Å². The van der Waals surface area contributed by atoms with E-state index in [9.17, 15) is 0 Å². The van der Waals surface area contributed by atoms with Crippen molar-refractivity contribution in [3.63, 3.8) is 0 Å². The van der Waals surface area contributed by atoms with E-state index in [0.717, 1.165) is 31.7 Å². The third kappa shape index (κ3) is 4.50. The second-order valence-electron chi connectivity index (χ2n) is 5.17. The normalized spacial score (nSPS) is 14.2. The standard InChI is InChI=1S/C16H29N3/c1-6-10-17-14(5)15-9-11-18-16(12-15)19(8-3)13(4)7-2/h9,11-14,17H,6-8,10H2,1-5H3. The summed E-state index contributed by atoms with van der Waals surface area (Å²) in [4.78, 5) is 6.91. The molecule has 3 nitrogen and oxygen atoms in total. The van der Waals surface area contributed by atoms with Crippen molar-refractivity contribution in [3.8, 4) is 0 Å². The molecule has 0 radical (unpaired) electrons. The van der Waals surface area contributed by atoms with E-state index >= 15 is 0 Å². The summed E-state index contributed by atoms with van der Waals surface area (Å²) < 4.78 is 0. The van der Waals surface area contributed by atoms with Gasteiger partial charge >= 0.3 is 0 Å². The highest BCUT2D eigenvalue weighted by Crippen LogP contribution is 2.20. The van der Waals surface area contributed by atoms with Crippen molar-refractivity contribution in [3.05, 3.63) is 23.9 Å². The zero-order valence-electron chi connectivity index (χ0n) is 13.1. The van der Waals surface area contributed by atoms with E-state index in [1.807, 2.05) is 6.20 Å². The highest BCUT2D eigenvalue weighted by Gasteiger charge is 2.13. The smallest absolute Gasteiger partial charge is 0.129 e. The first kappa shape index (κ1) is 16.0. The van der Waals surface area contributed by atoms with Crippen LogP contribution in [0.2, 0.25) is 0 Å². The Hall–Kier alpha value is -1.09. The van der Waals surface area contributed by atoms with Crippen LogP contribution in [-0.4, -0.2) is 24.1 Å². The molecule has 1 aromatic heterocycles. The quantitative estimate of drug-likeness (QED) is 0.774. The zero-order valence-corrected chi connectivity index (χ0v) is 13.1. The van der Waals surface area contributed by atoms with E-state index in [-0.39, 0.29) is 0 Å². The predicted molar refractivity (Wildman–Crippen MR) is 83.7 cm³/mol. The van der Waals surface area contributed by atoms with Gasteiger partial charge in [0.25, 0.3) is 0 Å². The molecule has 1 N–H and O–H groups in total. The summed E-state index contributed by atoms with van der Waals surface area (Å²) in [5.74, 6) is 1.10. The first-order chi connectivity index (χ1) is 9.13. The summed E-state index contributed by atoms with van der Waals surface area (Å²) in [5.41, 5.74) is 1.32. The fourth-order valence-electron chi connectivity index (χ4n) is 2.26. The number of pyridine rings is 1. The molecular formula is C16H29N3. The minimum absolute atomic E-state index is 0.386. The van der Waals surface area contributed by atoms with E-state index < -0.39 is 0 Å². The maximum absolute atomic E-state index is 4.54. The number of nitrogens with zero attached hydrogens (tertiary/aromatic N) is 2. The van der Waals surface area contributed by atoms with Crippen LogP contribution in [0.25, 0.3) is 0 Å². The molecule has 3 heteroatoms. The maximum atomic E-state index is 4.54. The molecular weight excluding hydrogens is 234 g/mol. The van der Waals surface area contributed by atoms with Gasteiger partial charge in [-0.25, -0.2) is 4.98 Å². The topological polar surface area (TPSA) is 28.2 Å². The largest absolute Gasteiger partial charge is 0.354 e. The lowest BCUT2D eigenvalue weighted by Crippen LogP contribution is -2.33. The summed E-state index contributed by atoms with van der Waals surface area (Å²) in [7, 11) is 0. The molecule has 1 aromatic rings. The molecule has 0 saturated carbocycles. The molecule has 2 unspecified atom stereocenters. The number of aromatic nitrogens is 1. The first-order valence-electron chi connectivity index (χ1n) is 7.59. The fraction of sp³-hybridized carbons (Fsp3) is 0.688. The van der Waals surface area contributed by atoms with Crippen molar-refractivity contribution < 1.29 is 0 Å². The highest BCUT2D eigenvalue weighted by atomic mass is 15.2. The molecule has 1 rings (SSSR count). The van der Waals surface area contributed by atoms with Gasteiger partial charge in [0.15, 0.2) is 0 Å². The Balaban J connectivity index is 2.85. The van der Waals surface area contributed by atoms with Crippen LogP contribution >= 0.6 is 0 Å². The van der Waals surface area contributed by atoms with Crippen molar-refractivity contribution in [2.45, 2.75) is 59.5 Å². The molecule has 0 spiro atoms. The van der Waals surface area contributed by atoms with Crippen molar-refractivity contribution in [2.24, 2.45) is 0 Å². The molecule has 2 atom stereocenters. The van der Waals surface area contributed by atoms with E-state index in [0.29, 0.717) is 12.1 Å². The summed E-state index contributed by atoms with van der Waals surface area (Å²) in [6.45, 7) is 13.1. The second kappa shape index (κ2) is 8.16. The fourth-order valence-corrected chi connectivity index (χ4v) is 2.26. The molecule has 0 aliphatic rings. The first-order valence-corrected chi connectivity index (χ1v) is 7.59. The van der Waals surface area contributed by atoms with Gasteiger partial charge in [0.1, 0.15) is 5.82 Å². The van der Waals surface area contributed by atoms with Gasteiger partial charge in [0.2, 0.25) is 0 Å². The molecule has 0 bridgehead atoms. The Morgan fingerprint density at radius 2 is 2.00 bits per heavy atom. The summed E-state index contributed by atoms with van der Waals surface area (Å²) >= 11 is 0. The van der Waals surface area contributed by atoms with Crippen LogP contribution in [0.1, 0.15) is 59.1 Å². The van der Waals surface area contributed by atoms with Crippen LogP contribution in [0.5, 0.6) is 0 Å². The van der Waals surface area contributed by atoms with Gasteiger partial charge in [-0.3, -0.25) is 0 Å². The van der Waals surface area contributed by atoms with E-state index in [4.69, 9.17) is 0 Å². The Kier molecular flexibility index (Phi) is 6.85. The lowest BCUT2D eigenvalue weighted by atomic mass is 10.1. The third-order valence-corrected chi connectivity index (χ3v) is 3.73. The molecule has 0 saturated heterocycles. The molecule has 0 amide bonds. The Morgan fingerprint density at radius 3 is 2.58 bits per heavy atom. The minimum Gasteiger partial charge on any atom is -0.354 e. The number of rotatable bonds is 8. The molecule has 19 heavy (non-hydrogen) atoms. The van der Waals surface area contributed by atoms with Crippen molar-refractivity contribution >= 4 is 5.82 Å². The number of hydrogen-bond donors (Lipinski definition) is 1. The zero-order chi connectivity index (χ0) is 14.3. The Labute approximate surface area is 118 Å². The average molecular weight is 263 g/mol. The second-order valence-corrected chi connectivity index (χ2v) is 5.17. The third-order valence-electron chi connectivity index (χ3n) is 3.73. The van der Waals surface area contributed by atoms with Gasteiger partial charge in [-0.1, -0.05) is 13.8 Å². The number of anilines is 1. The van der Waals surface area contributed by atoms with Crippen LogP contribution in [0.4, 0.5) is 5.82 Å². The lowest BCUT2D eigenvalue weighted by Gasteiger charge is -2.29. The summed E-state index contributed by atoms with van der Waals surface area (Å²) in [6.07, 6.45) is 4.24. The maximum Gasteiger partial charge on any atom is 0.129 e. The van der Waals surface area contributed by atoms with Gasteiger partial charge in [-0.2, -0.15) is 0 Å². The molecule has 0 aromatic carbocycles. The van der Waals surface area contributed by atoms with Crippen LogP contribution < -0.4 is 10.2 Å².